The number of hydrogen-bond acceptors (Lipinski definition) is 4. The highest BCUT2D eigenvalue weighted by molar-refractivity contribution is 7.92. The third kappa shape index (κ3) is 6.32. The zero-order chi connectivity index (χ0) is 23.1. The Kier molecular flexibility index (Phi) is 7.90. The monoisotopic (exact) mass is 457 g/mol. The van der Waals surface area contributed by atoms with Gasteiger partial charge in [0.15, 0.2) is 0 Å². The van der Waals surface area contributed by atoms with Gasteiger partial charge in [0.25, 0.3) is 0 Å². The second-order valence-electron chi connectivity index (χ2n) is 8.19. The van der Waals surface area contributed by atoms with Gasteiger partial charge in [0.1, 0.15) is 0 Å². The first-order chi connectivity index (χ1) is 15.3. The number of aryl methyl sites for hydroxylation is 1. The minimum atomic E-state index is -3.45. The molecule has 0 aromatic heterocycles. The number of carbonyl (C=O) groups is 2. The minimum absolute atomic E-state index is 0.129. The minimum Gasteiger partial charge on any atom is -0.352 e. The summed E-state index contributed by atoms with van der Waals surface area (Å²) in [6.45, 7) is 3.82. The van der Waals surface area contributed by atoms with Gasteiger partial charge in [-0.25, -0.2) is 8.42 Å². The summed E-state index contributed by atoms with van der Waals surface area (Å²) in [5.74, 6) is 0.0446. The zero-order valence-electron chi connectivity index (χ0n) is 18.7. The van der Waals surface area contributed by atoms with E-state index in [4.69, 9.17) is 0 Å². The van der Waals surface area contributed by atoms with Gasteiger partial charge in [-0.3, -0.25) is 13.9 Å². The van der Waals surface area contributed by atoms with Gasteiger partial charge in [-0.2, -0.15) is 0 Å². The van der Waals surface area contributed by atoms with Crippen LogP contribution in [0.4, 0.5) is 5.69 Å². The Morgan fingerprint density at radius 1 is 1.09 bits per heavy atom. The van der Waals surface area contributed by atoms with Crippen LogP contribution in [0.25, 0.3) is 0 Å². The van der Waals surface area contributed by atoms with E-state index in [0.29, 0.717) is 31.6 Å². The fraction of sp³-hybridized carbons (Fsp3) is 0.417. The largest absolute Gasteiger partial charge is 0.352 e. The third-order valence-corrected chi connectivity index (χ3v) is 6.86. The molecule has 0 radical (unpaired) electrons. The van der Waals surface area contributed by atoms with Crippen molar-refractivity contribution in [3.05, 3.63) is 65.2 Å². The van der Waals surface area contributed by atoms with Crippen molar-refractivity contribution in [2.24, 2.45) is 0 Å². The number of likely N-dealkylation sites (tertiary alicyclic amines) is 1. The Morgan fingerprint density at radius 2 is 1.78 bits per heavy atom. The van der Waals surface area contributed by atoms with Crippen LogP contribution in [0.3, 0.4) is 0 Å². The van der Waals surface area contributed by atoms with Crippen molar-refractivity contribution in [3.8, 4) is 0 Å². The fourth-order valence-electron chi connectivity index (χ4n) is 3.93. The molecular weight excluding hydrogens is 426 g/mol. The maximum Gasteiger partial charge on any atom is 0.232 e. The van der Waals surface area contributed by atoms with Crippen LogP contribution in [0.1, 0.15) is 42.4 Å². The zero-order valence-corrected chi connectivity index (χ0v) is 19.5. The molecule has 7 nitrogen and oxygen atoms in total. The van der Waals surface area contributed by atoms with E-state index in [1.54, 1.807) is 12.1 Å². The number of para-hydroxylation sites is 1. The third-order valence-electron chi connectivity index (χ3n) is 5.68. The highest BCUT2D eigenvalue weighted by Crippen LogP contribution is 2.22. The Bertz CT molecular complexity index is 1070. The summed E-state index contributed by atoms with van der Waals surface area (Å²) >= 11 is 0. The maximum absolute atomic E-state index is 12.4. The van der Waals surface area contributed by atoms with Crippen LogP contribution in [0.15, 0.2) is 48.5 Å². The van der Waals surface area contributed by atoms with Gasteiger partial charge in [-0.1, -0.05) is 42.5 Å². The molecule has 0 saturated carbocycles. The molecule has 1 N–H and O–H groups in total. The van der Waals surface area contributed by atoms with Crippen LogP contribution >= 0.6 is 0 Å². The molecule has 8 heteroatoms. The lowest BCUT2D eigenvalue weighted by molar-refractivity contribution is -0.128. The van der Waals surface area contributed by atoms with Crippen LogP contribution in [0, 0.1) is 6.92 Å². The van der Waals surface area contributed by atoms with Gasteiger partial charge < -0.3 is 10.2 Å². The van der Waals surface area contributed by atoms with E-state index in [1.165, 1.54) is 10.6 Å². The summed E-state index contributed by atoms with van der Waals surface area (Å²) in [5.41, 5.74) is 3.53. The molecule has 0 spiro atoms. The highest BCUT2D eigenvalue weighted by atomic mass is 32.2. The first kappa shape index (κ1) is 23.8. The normalized spacial score (nSPS) is 13.9. The fourth-order valence-corrected chi connectivity index (χ4v) is 4.96. The molecule has 1 fully saturated rings. The molecule has 1 saturated heterocycles. The molecule has 1 aliphatic heterocycles. The number of sulfonamides is 1. The average molecular weight is 458 g/mol. The van der Waals surface area contributed by atoms with Crippen LogP contribution in [0.5, 0.6) is 0 Å². The molecule has 32 heavy (non-hydrogen) atoms. The second kappa shape index (κ2) is 10.6. The molecule has 0 unspecified atom stereocenters. The Balaban J connectivity index is 1.53. The average Bonchev–Trinajstić information content (AvgIpc) is 3.15. The topological polar surface area (TPSA) is 86.8 Å². The number of anilines is 1. The van der Waals surface area contributed by atoms with Crippen LogP contribution < -0.4 is 9.62 Å². The van der Waals surface area contributed by atoms with Crippen LogP contribution in [-0.2, 0) is 32.7 Å². The number of amides is 2. The molecule has 0 aliphatic carbocycles. The van der Waals surface area contributed by atoms with Crippen molar-refractivity contribution in [2.45, 2.75) is 45.7 Å². The van der Waals surface area contributed by atoms with Crippen LogP contribution in [0.2, 0.25) is 0 Å². The molecule has 2 aromatic rings. The molecule has 3 rings (SSSR count). The second-order valence-corrected chi connectivity index (χ2v) is 10.1. The molecular formula is C24H31N3O4S. The van der Waals surface area contributed by atoms with E-state index in [-0.39, 0.29) is 24.8 Å². The van der Waals surface area contributed by atoms with E-state index in [0.717, 1.165) is 29.7 Å². The Morgan fingerprint density at radius 3 is 2.44 bits per heavy atom. The van der Waals surface area contributed by atoms with Crippen molar-refractivity contribution >= 4 is 27.5 Å². The van der Waals surface area contributed by atoms with Crippen molar-refractivity contribution in [2.75, 3.05) is 23.7 Å². The Labute approximate surface area is 190 Å². The van der Waals surface area contributed by atoms with E-state index in [2.05, 4.69) is 5.32 Å². The van der Waals surface area contributed by atoms with Gasteiger partial charge >= 0.3 is 0 Å². The lowest BCUT2D eigenvalue weighted by Gasteiger charge is -2.24. The Hall–Kier alpha value is -2.87. The van der Waals surface area contributed by atoms with E-state index in [9.17, 15) is 18.0 Å². The first-order valence-electron chi connectivity index (χ1n) is 10.9. The molecule has 172 valence electrons. The first-order valence-corrected chi connectivity index (χ1v) is 12.7. The van der Waals surface area contributed by atoms with E-state index in [1.807, 2.05) is 48.2 Å². The van der Waals surface area contributed by atoms with Crippen molar-refractivity contribution in [3.63, 3.8) is 0 Å². The molecule has 1 aliphatic rings. The summed E-state index contributed by atoms with van der Waals surface area (Å²) in [5, 5.41) is 2.93. The molecule has 2 aromatic carbocycles. The van der Waals surface area contributed by atoms with Crippen LogP contribution in [-0.4, -0.2) is 44.5 Å². The van der Waals surface area contributed by atoms with Gasteiger partial charge in [0, 0.05) is 39.0 Å². The number of rotatable bonds is 10. The predicted octanol–water partition coefficient (Wildman–Crippen LogP) is 2.98. The van der Waals surface area contributed by atoms with Gasteiger partial charge in [-0.15, -0.1) is 0 Å². The van der Waals surface area contributed by atoms with E-state index >= 15 is 0 Å². The standard InChI is InChI=1S/C24H31N3O4S/c1-19-9-3-6-12-22(19)27(32(2,30)31)16-7-13-23(28)25-17-20-10-4-5-11-21(20)18-26-15-8-14-24(26)29/h3-6,9-12H,7-8,13-18H2,1-2H3,(H,25,28). The maximum atomic E-state index is 12.4. The quantitative estimate of drug-likeness (QED) is 0.594. The smallest absolute Gasteiger partial charge is 0.232 e. The lowest BCUT2D eigenvalue weighted by Crippen LogP contribution is -2.32. The summed E-state index contributed by atoms with van der Waals surface area (Å²) in [6, 6.07) is 15.1. The number of carbonyl (C=O) groups excluding carboxylic acids is 2. The predicted molar refractivity (Wildman–Crippen MR) is 126 cm³/mol. The molecule has 1 heterocycles. The van der Waals surface area contributed by atoms with Crippen molar-refractivity contribution in [1.82, 2.24) is 10.2 Å². The number of hydrogen-bond donors (Lipinski definition) is 1. The van der Waals surface area contributed by atoms with Gasteiger partial charge in [0.05, 0.1) is 11.9 Å². The lowest BCUT2D eigenvalue weighted by atomic mass is 10.1. The summed E-state index contributed by atoms with van der Waals surface area (Å²) in [6.07, 6.45) is 3.32. The van der Waals surface area contributed by atoms with Crippen molar-refractivity contribution < 1.29 is 18.0 Å². The molecule has 2 amide bonds. The van der Waals surface area contributed by atoms with Gasteiger partial charge in [-0.05, 0) is 42.5 Å². The van der Waals surface area contributed by atoms with Crippen molar-refractivity contribution in [1.29, 1.82) is 0 Å². The number of benzene rings is 2. The van der Waals surface area contributed by atoms with Gasteiger partial charge in [0.2, 0.25) is 21.8 Å². The summed E-state index contributed by atoms with van der Waals surface area (Å²) in [7, 11) is -3.45. The van der Waals surface area contributed by atoms with E-state index < -0.39 is 10.0 Å². The SMILES string of the molecule is Cc1ccccc1N(CCCC(=O)NCc1ccccc1CN1CCCC1=O)S(C)(=O)=O. The molecule has 0 bridgehead atoms. The summed E-state index contributed by atoms with van der Waals surface area (Å²) < 4.78 is 25.9. The summed E-state index contributed by atoms with van der Waals surface area (Å²) in [4.78, 5) is 26.2. The molecule has 0 atom stereocenters. The highest BCUT2D eigenvalue weighted by Gasteiger charge is 2.21. The number of nitrogens with one attached hydrogen (secondary N) is 1. The number of nitrogens with zero attached hydrogens (tertiary/aromatic N) is 2.